The van der Waals surface area contributed by atoms with Gasteiger partial charge in [-0.1, -0.05) is 11.6 Å². The van der Waals surface area contributed by atoms with Gasteiger partial charge in [0.2, 0.25) is 0 Å². The van der Waals surface area contributed by atoms with Gasteiger partial charge in [-0.2, -0.15) is 8.42 Å². The van der Waals surface area contributed by atoms with Crippen LogP contribution in [-0.4, -0.2) is 26.7 Å². The number of aliphatic imine (C=N–C) groups is 1. The maximum Gasteiger partial charge on any atom is 0.339 e. The highest BCUT2D eigenvalue weighted by Crippen LogP contribution is 2.36. The zero-order chi connectivity index (χ0) is 22.6. The van der Waals surface area contributed by atoms with E-state index in [4.69, 9.17) is 20.5 Å². The second-order valence-corrected chi connectivity index (χ2v) is 9.20. The number of hydrogen-bond donors (Lipinski definition) is 0. The summed E-state index contributed by atoms with van der Waals surface area (Å²) in [6.45, 7) is 0. The smallest absolute Gasteiger partial charge is 0.339 e. The number of non-ortho nitro benzene ring substituents is 1. The summed E-state index contributed by atoms with van der Waals surface area (Å²) >= 11 is 7.75. The van der Waals surface area contributed by atoms with Gasteiger partial charge in [0.25, 0.3) is 5.69 Å². The zero-order valence-electron chi connectivity index (χ0n) is 15.9. The molecule has 0 spiro atoms. The summed E-state index contributed by atoms with van der Waals surface area (Å²) in [6.07, 6.45) is 1.53. The SMILES string of the molecule is COc1cc(C=Nc2ccc([N+](=O)[O-])cc2)cc(I)c1OS(=O)(=O)c1ccc(Cl)cc1. The van der Waals surface area contributed by atoms with Gasteiger partial charge in [0.15, 0.2) is 11.5 Å². The number of ether oxygens (including phenoxy) is 1. The molecule has 0 heterocycles. The van der Waals surface area contributed by atoms with Gasteiger partial charge in [0.05, 0.1) is 21.3 Å². The van der Waals surface area contributed by atoms with Crippen LogP contribution in [0.25, 0.3) is 0 Å². The van der Waals surface area contributed by atoms with Gasteiger partial charge in [-0.25, -0.2) is 0 Å². The predicted molar refractivity (Wildman–Crippen MR) is 125 cm³/mol. The quantitative estimate of drug-likeness (QED) is 0.124. The molecule has 31 heavy (non-hydrogen) atoms. The van der Waals surface area contributed by atoms with Crippen LogP contribution in [0.4, 0.5) is 11.4 Å². The van der Waals surface area contributed by atoms with E-state index < -0.39 is 15.0 Å². The van der Waals surface area contributed by atoms with E-state index in [1.807, 2.05) is 22.6 Å². The lowest BCUT2D eigenvalue weighted by Gasteiger charge is -2.13. The van der Waals surface area contributed by atoms with Crippen molar-refractivity contribution < 1.29 is 22.3 Å². The van der Waals surface area contributed by atoms with Gasteiger partial charge < -0.3 is 8.92 Å². The first-order valence-corrected chi connectivity index (χ1v) is 11.4. The van der Waals surface area contributed by atoms with Crippen molar-refractivity contribution >= 4 is 61.9 Å². The summed E-state index contributed by atoms with van der Waals surface area (Å²) < 4.78 is 36.3. The van der Waals surface area contributed by atoms with Crippen LogP contribution < -0.4 is 8.92 Å². The van der Waals surface area contributed by atoms with Gasteiger partial charge in [0.1, 0.15) is 4.90 Å². The van der Waals surface area contributed by atoms with Gasteiger partial charge in [0, 0.05) is 23.4 Å². The highest BCUT2D eigenvalue weighted by Gasteiger charge is 2.22. The van der Waals surface area contributed by atoms with Crippen LogP contribution in [0.5, 0.6) is 11.5 Å². The molecule has 0 atom stereocenters. The predicted octanol–water partition coefficient (Wildman–Crippen LogP) is 5.38. The van der Waals surface area contributed by atoms with E-state index in [1.165, 1.54) is 61.9 Å². The summed E-state index contributed by atoms with van der Waals surface area (Å²) in [6, 6.07) is 14.6. The van der Waals surface area contributed by atoms with Crippen LogP contribution in [0.1, 0.15) is 5.56 Å². The molecule has 0 unspecified atom stereocenters. The van der Waals surface area contributed by atoms with Crippen molar-refractivity contribution in [2.24, 2.45) is 4.99 Å². The fourth-order valence-electron chi connectivity index (χ4n) is 2.46. The van der Waals surface area contributed by atoms with Gasteiger partial charge >= 0.3 is 10.1 Å². The van der Waals surface area contributed by atoms with Crippen molar-refractivity contribution in [2.75, 3.05) is 7.11 Å². The van der Waals surface area contributed by atoms with Crippen LogP contribution in [0.3, 0.4) is 0 Å². The third kappa shape index (κ3) is 5.71. The Balaban J connectivity index is 1.87. The Morgan fingerprint density at radius 2 is 1.74 bits per heavy atom. The average molecular weight is 573 g/mol. The average Bonchev–Trinajstić information content (AvgIpc) is 2.74. The number of rotatable bonds is 7. The Morgan fingerprint density at radius 1 is 1.10 bits per heavy atom. The fraction of sp³-hybridized carbons (Fsp3) is 0.0500. The zero-order valence-corrected chi connectivity index (χ0v) is 19.6. The molecule has 0 aliphatic heterocycles. The second-order valence-electron chi connectivity index (χ2n) is 6.06. The van der Waals surface area contributed by atoms with Crippen molar-refractivity contribution in [1.29, 1.82) is 0 Å². The Hall–Kier alpha value is -2.70. The largest absolute Gasteiger partial charge is 0.493 e. The maximum absolute atomic E-state index is 12.6. The summed E-state index contributed by atoms with van der Waals surface area (Å²) in [4.78, 5) is 14.5. The van der Waals surface area contributed by atoms with Crippen molar-refractivity contribution in [3.8, 4) is 11.5 Å². The van der Waals surface area contributed by atoms with Gasteiger partial charge in [-0.05, 0) is 76.7 Å². The molecule has 11 heteroatoms. The van der Waals surface area contributed by atoms with E-state index >= 15 is 0 Å². The number of halogens is 2. The van der Waals surface area contributed by atoms with Crippen molar-refractivity contribution in [3.05, 3.63) is 84.9 Å². The molecule has 160 valence electrons. The van der Waals surface area contributed by atoms with E-state index in [2.05, 4.69) is 4.99 Å². The monoisotopic (exact) mass is 572 g/mol. The molecule has 0 saturated heterocycles. The van der Waals surface area contributed by atoms with Crippen molar-refractivity contribution in [3.63, 3.8) is 0 Å². The molecule has 0 bridgehead atoms. The molecule has 3 rings (SSSR count). The number of hydrogen-bond acceptors (Lipinski definition) is 7. The lowest BCUT2D eigenvalue weighted by molar-refractivity contribution is -0.384. The number of nitro benzene ring substituents is 1. The first-order valence-electron chi connectivity index (χ1n) is 8.56. The number of methoxy groups -OCH3 is 1. The Kier molecular flexibility index (Phi) is 7.13. The minimum absolute atomic E-state index is 0.0291. The molecule has 0 amide bonds. The molecule has 0 fully saturated rings. The van der Waals surface area contributed by atoms with E-state index in [0.717, 1.165) is 0 Å². The Labute approximate surface area is 196 Å². The van der Waals surface area contributed by atoms with Crippen LogP contribution in [-0.2, 0) is 10.1 Å². The maximum atomic E-state index is 12.6. The molecule has 3 aromatic rings. The van der Waals surface area contributed by atoms with Gasteiger partial charge in [-0.15, -0.1) is 0 Å². The minimum Gasteiger partial charge on any atom is -0.493 e. The molecule has 0 radical (unpaired) electrons. The van der Waals surface area contributed by atoms with Crippen LogP contribution in [0.2, 0.25) is 5.02 Å². The van der Waals surface area contributed by atoms with E-state index in [1.54, 1.807) is 12.1 Å². The van der Waals surface area contributed by atoms with Crippen LogP contribution in [0.15, 0.2) is 70.6 Å². The molecule has 0 N–H and O–H groups in total. The molecule has 8 nitrogen and oxygen atoms in total. The first-order chi connectivity index (χ1) is 14.7. The van der Waals surface area contributed by atoms with E-state index in [-0.39, 0.29) is 22.1 Å². The number of benzene rings is 3. The third-order valence-corrected chi connectivity index (χ3v) is 6.26. The lowest BCUT2D eigenvalue weighted by atomic mass is 10.2. The summed E-state index contributed by atoms with van der Waals surface area (Å²) in [7, 11) is -2.70. The van der Waals surface area contributed by atoms with Gasteiger partial charge in [-0.3, -0.25) is 15.1 Å². The second kappa shape index (κ2) is 9.62. The summed E-state index contributed by atoms with van der Waals surface area (Å²) in [5, 5.41) is 11.1. The highest BCUT2D eigenvalue weighted by molar-refractivity contribution is 14.1. The topological polar surface area (TPSA) is 108 Å². The Bertz CT molecular complexity index is 1250. The van der Waals surface area contributed by atoms with Crippen LogP contribution in [0, 0.1) is 13.7 Å². The molecular formula is C20H14ClIN2O6S. The minimum atomic E-state index is -4.10. The first kappa shape index (κ1) is 23.0. The highest BCUT2D eigenvalue weighted by atomic mass is 127. The van der Waals surface area contributed by atoms with E-state index in [0.29, 0.717) is 19.8 Å². The molecule has 3 aromatic carbocycles. The van der Waals surface area contributed by atoms with Crippen molar-refractivity contribution in [1.82, 2.24) is 0 Å². The normalized spacial score (nSPS) is 11.5. The Morgan fingerprint density at radius 3 is 2.32 bits per heavy atom. The summed E-state index contributed by atoms with van der Waals surface area (Å²) in [5.41, 5.74) is 1.11. The van der Waals surface area contributed by atoms with Crippen molar-refractivity contribution in [2.45, 2.75) is 4.90 Å². The number of nitrogens with zero attached hydrogens (tertiary/aromatic N) is 2. The van der Waals surface area contributed by atoms with E-state index in [9.17, 15) is 18.5 Å². The summed E-state index contributed by atoms with van der Waals surface area (Å²) in [5.74, 6) is 0.250. The molecule has 0 saturated carbocycles. The molecule has 0 aliphatic rings. The molecule has 0 aromatic heterocycles. The fourth-order valence-corrected chi connectivity index (χ4v) is 4.43. The number of nitro groups is 1. The van der Waals surface area contributed by atoms with Crippen LogP contribution >= 0.6 is 34.2 Å². The third-order valence-electron chi connectivity index (χ3n) is 3.97. The molecular weight excluding hydrogens is 559 g/mol. The lowest BCUT2D eigenvalue weighted by Crippen LogP contribution is -2.11. The molecule has 0 aliphatic carbocycles. The standard InChI is InChI=1S/C20H14ClIN2O6S/c1-29-19-11-13(12-23-15-4-6-16(7-5-15)24(25)26)10-18(22)20(19)30-31(27,28)17-8-2-14(21)3-9-17/h2-12H,1H3.